The van der Waals surface area contributed by atoms with Crippen LogP contribution < -0.4 is 10.2 Å². The summed E-state index contributed by atoms with van der Waals surface area (Å²) in [6.45, 7) is 8.75. The van der Waals surface area contributed by atoms with Gasteiger partial charge in [-0.3, -0.25) is 0 Å². The van der Waals surface area contributed by atoms with Crippen molar-refractivity contribution in [3.8, 4) is 22.3 Å². The number of hydrogen-bond acceptors (Lipinski definition) is 4. The normalized spacial score (nSPS) is 18.6. The van der Waals surface area contributed by atoms with Crippen LogP contribution in [0.25, 0.3) is 38.7 Å². The number of nitrogens with zero attached hydrogens (tertiary/aromatic N) is 4. The number of benzene rings is 3. The van der Waals surface area contributed by atoms with Crippen molar-refractivity contribution in [2.45, 2.75) is 32.9 Å². The molecule has 1 fully saturated rings. The molecule has 0 bridgehead atoms. The Kier molecular flexibility index (Phi) is 5.07. The van der Waals surface area contributed by atoms with Crippen LogP contribution in [0.2, 0.25) is 0 Å². The van der Waals surface area contributed by atoms with Gasteiger partial charge in [-0.15, -0.1) is 0 Å². The summed E-state index contributed by atoms with van der Waals surface area (Å²) >= 11 is 0. The van der Waals surface area contributed by atoms with Crippen LogP contribution in [0.3, 0.4) is 0 Å². The van der Waals surface area contributed by atoms with E-state index in [1.807, 2.05) is 16.9 Å². The second kappa shape index (κ2) is 8.26. The maximum Gasteiger partial charge on any atom is 0.162 e. The molecule has 3 aromatic carbocycles. The van der Waals surface area contributed by atoms with E-state index in [9.17, 15) is 0 Å². The molecular formula is C29H29N5. The summed E-state index contributed by atoms with van der Waals surface area (Å²) in [6, 6.07) is 22.7. The highest BCUT2D eigenvalue weighted by atomic mass is 15.2. The SMILES string of the molecule is Cc1cccc2c(-c3cnn4cc(-c5ccc(N6[C@H](C)CNC[C@@H]6C)cc5)cnc34)cccc12. The average molecular weight is 448 g/mol. The molecule has 0 saturated carbocycles. The lowest BCUT2D eigenvalue weighted by Crippen LogP contribution is -2.55. The third-order valence-corrected chi connectivity index (χ3v) is 7.11. The third kappa shape index (κ3) is 3.44. The first kappa shape index (κ1) is 20.9. The summed E-state index contributed by atoms with van der Waals surface area (Å²) in [5.41, 5.74) is 7.85. The van der Waals surface area contributed by atoms with Crippen molar-refractivity contribution in [3.05, 3.63) is 84.8 Å². The van der Waals surface area contributed by atoms with Gasteiger partial charge in [0, 0.05) is 54.4 Å². The average Bonchev–Trinajstić information content (AvgIpc) is 3.27. The first-order chi connectivity index (χ1) is 16.6. The molecular weight excluding hydrogens is 418 g/mol. The lowest BCUT2D eigenvalue weighted by atomic mass is 9.97. The minimum absolute atomic E-state index is 0.480. The van der Waals surface area contributed by atoms with Gasteiger partial charge in [0.2, 0.25) is 0 Å². The van der Waals surface area contributed by atoms with Gasteiger partial charge < -0.3 is 10.2 Å². The Morgan fingerprint density at radius 2 is 1.53 bits per heavy atom. The van der Waals surface area contributed by atoms with E-state index in [0.29, 0.717) is 12.1 Å². The van der Waals surface area contributed by atoms with Crippen molar-refractivity contribution >= 4 is 22.1 Å². The van der Waals surface area contributed by atoms with E-state index in [-0.39, 0.29) is 0 Å². The number of nitrogens with one attached hydrogen (secondary N) is 1. The number of hydrogen-bond donors (Lipinski definition) is 1. The lowest BCUT2D eigenvalue weighted by molar-refractivity contribution is 0.432. The van der Waals surface area contributed by atoms with E-state index in [0.717, 1.165) is 35.4 Å². The number of rotatable bonds is 3. The highest BCUT2D eigenvalue weighted by Crippen LogP contribution is 2.33. The highest BCUT2D eigenvalue weighted by Gasteiger charge is 2.24. The van der Waals surface area contributed by atoms with Crippen LogP contribution in [0, 0.1) is 6.92 Å². The number of aromatic nitrogens is 3. The van der Waals surface area contributed by atoms with Crippen molar-refractivity contribution in [3.63, 3.8) is 0 Å². The zero-order valence-corrected chi connectivity index (χ0v) is 19.9. The van der Waals surface area contributed by atoms with E-state index >= 15 is 0 Å². The second-order valence-electron chi connectivity index (χ2n) is 9.46. The molecule has 0 spiro atoms. The summed E-state index contributed by atoms with van der Waals surface area (Å²) in [5.74, 6) is 0. The van der Waals surface area contributed by atoms with Gasteiger partial charge in [0.15, 0.2) is 5.65 Å². The summed E-state index contributed by atoms with van der Waals surface area (Å²) in [5, 5.41) is 10.7. The van der Waals surface area contributed by atoms with E-state index in [1.54, 1.807) is 0 Å². The van der Waals surface area contributed by atoms with E-state index < -0.39 is 0 Å². The summed E-state index contributed by atoms with van der Waals surface area (Å²) < 4.78 is 1.90. The molecule has 1 N–H and O–H groups in total. The Morgan fingerprint density at radius 1 is 0.794 bits per heavy atom. The smallest absolute Gasteiger partial charge is 0.162 e. The van der Waals surface area contributed by atoms with Crippen LogP contribution in [0.15, 0.2) is 79.3 Å². The van der Waals surface area contributed by atoms with Crippen LogP contribution >= 0.6 is 0 Å². The fraction of sp³-hybridized carbons (Fsp3) is 0.241. The van der Waals surface area contributed by atoms with Crippen molar-refractivity contribution in [1.29, 1.82) is 0 Å². The Labute approximate surface area is 200 Å². The maximum atomic E-state index is 4.84. The Balaban J connectivity index is 1.35. The minimum Gasteiger partial charge on any atom is -0.364 e. The van der Waals surface area contributed by atoms with Crippen molar-refractivity contribution in [2.24, 2.45) is 0 Å². The van der Waals surface area contributed by atoms with Gasteiger partial charge in [0.1, 0.15) is 0 Å². The predicted molar refractivity (Wildman–Crippen MR) is 140 cm³/mol. The van der Waals surface area contributed by atoms with Crippen LogP contribution in [-0.4, -0.2) is 39.8 Å². The maximum absolute atomic E-state index is 4.84. The van der Waals surface area contributed by atoms with Gasteiger partial charge in [0.25, 0.3) is 0 Å². The first-order valence-electron chi connectivity index (χ1n) is 12.0. The quantitative estimate of drug-likeness (QED) is 0.385. The van der Waals surface area contributed by atoms with E-state index in [1.165, 1.54) is 27.6 Å². The molecule has 2 aromatic heterocycles. The molecule has 2 atom stereocenters. The molecule has 0 amide bonds. The number of anilines is 1. The Morgan fingerprint density at radius 3 is 2.32 bits per heavy atom. The predicted octanol–water partition coefficient (Wildman–Crippen LogP) is 5.71. The number of fused-ring (bicyclic) bond motifs is 2. The van der Waals surface area contributed by atoms with Crippen LogP contribution in [0.1, 0.15) is 19.4 Å². The van der Waals surface area contributed by atoms with E-state index in [4.69, 9.17) is 4.98 Å². The first-order valence-corrected chi connectivity index (χ1v) is 12.0. The van der Waals surface area contributed by atoms with Crippen molar-refractivity contribution < 1.29 is 0 Å². The number of aryl methyl sites for hydroxylation is 1. The molecule has 170 valence electrons. The molecule has 34 heavy (non-hydrogen) atoms. The van der Waals surface area contributed by atoms with Crippen molar-refractivity contribution in [1.82, 2.24) is 19.9 Å². The molecule has 0 aliphatic carbocycles. The zero-order valence-electron chi connectivity index (χ0n) is 19.9. The largest absolute Gasteiger partial charge is 0.364 e. The van der Waals surface area contributed by atoms with Crippen LogP contribution in [0.4, 0.5) is 5.69 Å². The molecule has 1 aliphatic rings. The fourth-order valence-corrected chi connectivity index (χ4v) is 5.38. The molecule has 3 heterocycles. The van der Waals surface area contributed by atoms with E-state index in [2.05, 4.69) is 103 Å². The zero-order chi connectivity index (χ0) is 23.2. The molecule has 1 saturated heterocycles. The summed E-state index contributed by atoms with van der Waals surface area (Å²) in [6.07, 6.45) is 5.97. The summed E-state index contributed by atoms with van der Waals surface area (Å²) in [4.78, 5) is 7.35. The Bertz CT molecular complexity index is 1470. The van der Waals surface area contributed by atoms with Gasteiger partial charge in [-0.1, -0.05) is 48.5 Å². The third-order valence-electron chi connectivity index (χ3n) is 7.11. The molecule has 1 aliphatic heterocycles. The van der Waals surface area contributed by atoms with Gasteiger partial charge in [0.05, 0.1) is 6.20 Å². The minimum atomic E-state index is 0.480. The van der Waals surface area contributed by atoms with Gasteiger partial charge in [-0.2, -0.15) is 5.10 Å². The van der Waals surface area contributed by atoms with Gasteiger partial charge >= 0.3 is 0 Å². The topological polar surface area (TPSA) is 45.5 Å². The lowest BCUT2D eigenvalue weighted by Gasteiger charge is -2.41. The van der Waals surface area contributed by atoms with Crippen LogP contribution in [0.5, 0.6) is 0 Å². The van der Waals surface area contributed by atoms with Crippen molar-refractivity contribution in [2.75, 3.05) is 18.0 Å². The number of piperazine rings is 1. The summed E-state index contributed by atoms with van der Waals surface area (Å²) in [7, 11) is 0. The van der Waals surface area contributed by atoms with Gasteiger partial charge in [-0.25, -0.2) is 9.50 Å². The molecule has 5 nitrogen and oxygen atoms in total. The fourth-order valence-electron chi connectivity index (χ4n) is 5.38. The molecule has 0 unspecified atom stereocenters. The Hall–Kier alpha value is -3.70. The molecule has 5 aromatic rings. The van der Waals surface area contributed by atoms with Crippen LogP contribution in [-0.2, 0) is 0 Å². The standard InChI is InChI=1S/C29H29N5/c1-19-6-4-8-26-25(19)7-5-9-27(26)28-17-32-33-18-23(16-31-29(28)33)22-10-12-24(13-11-22)34-20(2)14-30-15-21(34)3/h4-13,16-18,20-21,30H,14-15H2,1-3H3/t20-,21+. The molecule has 0 radical (unpaired) electrons. The second-order valence-corrected chi connectivity index (χ2v) is 9.46. The molecule has 6 rings (SSSR count). The van der Waals surface area contributed by atoms with Gasteiger partial charge in [-0.05, 0) is 60.4 Å². The monoisotopic (exact) mass is 447 g/mol. The molecule has 5 heteroatoms. The highest BCUT2D eigenvalue weighted by molar-refractivity contribution is 6.00.